The van der Waals surface area contributed by atoms with E-state index in [2.05, 4.69) is 30.8 Å². The number of H-pyrrole nitrogens is 1. The standard InChI is InChI=1S/C28H31NO4/c1-4-19-15-24(29-18-19)25(30)16-21-5-6-22(28(26(31)32)11-13-33-14-12-28)17-23(21)20-7-9-27(2,3)10-8-20/h1,5-7,15,17-18,29H,8-14,16H2,2-3H3,(H,31,32). The molecule has 1 aliphatic heterocycles. The Balaban J connectivity index is 1.74. The molecule has 2 aliphatic rings. The number of allylic oxidation sites excluding steroid dienone is 2. The highest BCUT2D eigenvalue weighted by Gasteiger charge is 2.42. The van der Waals surface area contributed by atoms with Crippen LogP contribution in [0.15, 0.2) is 36.5 Å². The monoisotopic (exact) mass is 445 g/mol. The van der Waals surface area contributed by atoms with Gasteiger partial charge in [0.1, 0.15) is 0 Å². The number of aromatic nitrogens is 1. The number of ketones is 1. The number of hydrogen-bond donors (Lipinski definition) is 2. The highest BCUT2D eigenvalue weighted by molar-refractivity contribution is 5.97. The van der Waals surface area contributed by atoms with Crippen LogP contribution < -0.4 is 0 Å². The number of Topliss-reactive ketones (excluding diaryl/α,β-unsaturated/α-hetero) is 1. The first-order chi connectivity index (χ1) is 15.7. The highest BCUT2D eigenvalue weighted by atomic mass is 16.5. The number of hydrogen-bond acceptors (Lipinski definition) is 3. The van der Waals surface area contributed by atoms with Crippen molar-refractivity contribution in [2.75, 3.05) is 13.2 Å². The summed E-state index contributed by atoms with van der Waals surface area (Å²) in [7, 11) is 0. The van der Waals surface area contributed by atoms with Gasteiger partial charge in [-0.05, 0) is 65.8 Å². The summed E-state index contributed by atoms with van der Waals surface area (Å²) in [4.78, 5) is 28.4. The van der Waals surface area contributed by atoms with E-state index in [4.69, 9.17) is 11.2 Å². The smallest absolute Gasteiger partial charge is 0.314 e. The van der Waals surface area contributed by atoms with Gasteiger partial charge in [0.2, 0.25) is 0 Å². The van der Waals surface area contributed by atoms with Gasteiger partial charge in [-0.1, -0.05) is 44.0 Å². The van der Waals surface area contributed by atoms with Gasteiger partial charge in [-0.2, -0.15) is 0 Å². The number of carboxylic acid groups (broad SMARTS) is 1. The second kappa shape index (κ2) is 9.03. The summed E-state index contributed by atoms with van der Waals surface area (Å²) in [5, 5.41) is 10.2. The number of carbonyl (C=O) groups is 2. The van der Waals surface area contributed by atoms with Crippen LogP contribution in [0.2, 0.25) is 0 Å². The molecule has 1 aliphatic carbocycles. The van der Waals surface area contributed by atoms with Crippen LogP contribution in [0, 0.1) is 17.8 Å². The van der Waals surface area contributed by atoms with Gasteiger partial charge in [0, 0.05) is 31.4 Å². The van der Waals surface area contributed by atoms with Crippen LogP contribution in [0.3, 0.4) is 0 Å². The Morgan fingerprint density at radius 1 is 1.18 bits per heavy atom. The van der Waals surface area contributed by atoms with Crippen molar-refractivity contribution in [3.8, 4) is 12.3 Å². The Bertz CT molecular complexity index is 1140. The molecular weight excluding hydrogens is 414 g/mol. The Hall–Kier alpha value is -3.10. The average molecular weight is 446 g/mol. The zero-order valence-electron chi connectivity index (χ0n) is 19.4. The van der Waals surface area contributed by atoms with Crippen molar-refractivity contribution in [3.05, 3.63) is 64.5 Å². The zero-order valence-corrected chi connectivity index (χ0v) is 19.4. The molecule has 172 valence electrons. The van der Waals surface area contributed by atoms with Gasteiger partial charge in [0.25, 0.3) is 0 Å². The van der Waals surface area contributed by atoms with Crippen LogP contribution in [0.4, 0.5) is 0 Å². The fourth-order valence-corrected chi connectivity index (χ4v) is 4.90. The lowest BCUT2D eigenvalue weighted by Crippen LogP contribution is -2.41. The Kier molecular flexibility index (Phi) is 6.32. The molecule has 0 radical (unpaired) electrons. The molecule has 1 aromatic carbocycles. The summed E-state index contributed by atoms with van der Waals surface area (Å²) in [6.07, 6.45) is 13.4. The van der Waals surface area contributed by atoms with Crippen molar-refractivity contribution < 1.29 is 19.4 Å². The van der Waals surface area contributed by atoms with E-state index in [1.807, 2.05) is 18.2 Å². The number of rotatable bonds is 6. The van der Waals surface area contributed by atoms with Crippen molar-refractivity contribution >= 4 is 17.3 Å². The largest absolute Gasteiger partial charge is 0.481 e. The maximum absolute atomic E-state index is 13.0. The lowest BCUT2D eigenvalue weighted by molar-refractivity contribution is -0.147. The number of benzene rings is 1. The van der Waals surface area contributed by atoms with E-state index < -0.39 is 11.4 Å². The van der Waals surface area contributed by atoms with E-state index in [-0.39, 0.29) is 17.6 Å². The van der Waals surface area contributed by atoms with Crippen LogP contribution in [0.25, 0.3) is 5.57 Å². The molecule has 1 aromatic heterocycles. The molecular formula is C28H31NO4. The zero-order chi connectivity index (χ0) is 23.6. The van der Waals surface area contributed by atoms with Gasteiger partial charge in [-0.3, -0.25) is 9.59 Å². The molecule has 2 heterocycles. The highest BCUT2D eigenvalue weighted by Crippen LogP contribution is 2.42. The van der Waals surface area contributed by atoms with Crippen LogP contribution in [0.1, 0.15) is 78.7 Å². The van der Waals surface area contributed by atoms with Gasteiger partial charge in [0.05, 0.1) is 11.1 Å². The van der Waals surface area contributed by atoms with Crippen molar-refractivity contribution in [2.45, 2.75) is 57.8 Å². The first-order valence-corrected chi connectivity index (χ1v) is 11.6. The molecule has 0 amide bonds. The maximum Gasteiger partial charge on any atom is 0.314 e. The number of ether oxygens (including phenoxy) is 1. The predicted molar refractivity (Wildman–Crippen MR) is 128 cm³/mol. The quantitative estimate of drug-likeness (QED) is 0.476. The Morgan fingerprint density at radius 2 is 1.94 bits per heavy atom. The Labute approximate surface area is 195 Å². The molecule has 0 atom stereocenters. The second-order valence-corrected chi connectivity index (χ2v) is 10.0. The van der Waals surface area contributed by atoms with E-state index in [1.165, 1.54) is 5.57 Å². The van der Waals surface area contributed by atoms with E-state index in [0.717, 1.165) is 36.0 Å². The van der Waals surface area contributed by atoms with E-state index in [9.17, 15) is 14.7 Å². The van der Waals surface area contributed by atoms with E-state index in [1.54, 1.807) is 12.3 Å². The van der Waals surface area contributed by atoms with Crippen molar-refractivity contribution in [1.29, 1.82) is 0 Å². The summed E-state index contributed by atoms with van der Waals surface area (Å²) in [6, 6.07) is 7.54. The number of nitrogens with one attached hydrogen (secondary N) is 1. The topological polar surface area (TPSA) is 79.4 Å². The number of carboxylic acids is 1. The van der Waals surface area contributed by atoms with Crippen molar-refractivity contribution in [1.82, 2.24) is 4.98 Å². The average Bonchev–Trinajstić information content (AvgIpc) is 3.29. The summed E-state index contributed by atoms with van der Waals surface area (Å²) >= 11 is 0. The SMILES string of the molecule is C#Cc1c[nH]c(C(=O)Cc2ccc(C3(C(=O)O)CCOCC3)cc2C2=CCC(C)(C)CC2)c1. The molecule has 33 heavy (non-hydrogen) atoms. The van der Waals surface area contributed by atoms with Gasteiger partial charge in [-0.25, -0.2) is 0 Å². The lowest BCUT2D eigenvalue weighted by atomic mass is 9.71. The second-order valence-electron chi connectivity index (χ2n) is 10.0. The summed E-state index contributed by atoms with van der Waals surface area (Å²) in [6.45, 7) is 5.39. The summed E-state index contributed by atoms with van der Waals surface area (Å²) in [5.74, 6) is 1.68. The molecule has 4 rings (SSSR count). The number of aromatic amines is 1. The minimum atomic E-state index is -0.953. The molecule has 5 nitrogen and oxygen atoms in total. The fraction of sp³-hybridized carbons (Fsp3) is 0.429. The normalized spacial score (nSPS) is 19.4. The molecule has 5 heteroatoms. The molecule has 0 spiro atoms. The molecule has 2 aromatic rings. The van der Waals surface area contributed by atoms with Gasteiger partial charge in [-0.15, -0.1) is 6.42 Å². The van der Waals surface area contributed by atoms with Crippen molar-refractivity contribution in [3.63, 3.8) is 0 Å². The van der Waals surface area contributed by atoms with E-state index >= 15 is 0 Å². The number of carbonyl (C=O) groups excluding carboxylic acids is 1. The third-order valence-electron chi connectivity index (χ3n) is 7.24. The van der Waals surface area contributed by atoms with Crippen LogP contribution in [-0.4, -0.2) is 35.1 Å². The predicted octanol–water partition coefficient (Wildman–Crippen LogP) is 5.15. The lowest BCUT2D eigenvalue weighted by Gasteiger charge is -2.35. The first-order valence-electron chi connectivity index (χ1n) is 11.6. The number of terminal acetylenes is 1. The minimum Gasteiger partial charge on any atom is -0.481 e. The first kappa shape index (κ1) is 23.1. The van der Waals surface area contributed by atoms with Gasteiger partial charge in [0.15, 0.2) is 5.78 Å². The molecule has 1 saturated heterocycles. The van der Waals surface area contributed by atoms with Gasteiger partial charge < -0.3 is 14.8 Å². The third kappa shape index (κ3) is 4.67. The molecule has 2 N–H and O–H groups in total. The maximum atomic E-state index is 13.0. The van der Waals surface area contributed by atoms with Crippen LogP contribution in [0.5, 0.6) is 0 Å². The molecule has 1 fully saturated rings. The molecule has 0 bridgehead atoms. The third-order valence-corrected chi connectivity index (χ3v) is 7.24. The minimum absolute atomic E-state index is 0.0405. The van der Waals surface area contributed by atoms with E-state index in [0.29, 0.717) is 37.3 Å². The molecule has 0 unspecified atom stereocenters. The Morgan fingerprint density at radius 3 is 2.55 bits per heavy atom. The molecule has 0 saturated carbocycles. The number of aliphatic carboxylic acids is 1. The van der Waals surface area contributed by atoms with Crippen LogP contribution in [-0.2, 0) is 21.4 Å². The van der Waals surface area contributed by atoms with Crippen molar-refractivity contribution in [2.24, 2.45) is 5.41 Å². The summed E-state index contributed by atoms with van der Waals surface area (Å²) < 4.78 is 5.47. The van der Waals surface area contributed by atoms with Gasteiger partial charge >= 0.3 is 5.97 Å². The van der Waals surface area contributed by atoms with Crippen LogP contribution >= 0.6 is 0 Å². The fourth-order valence-electron chi connectivity index (χ4n) is 4.90. The summed E-state index contributed by atoms with van der Waals surface area (Å²) in [5.41, 5.74) is 4.33.